The Labute approximate surface area is 167 Å². The van der Waals surface area contributed by atoms with Gasteiger partial charge in [0.2, 0.25) is 10.0 Å². The highest BCUT2D eigenvalue weighted by molar-refractivity contribution is 7.89. The zero-order valence-electron chi connectivity index (χ0n) is 15.0. The van der Waals surface area contributed by atoms with Crippen LogP contribution in [0.1, 0.15) is 17.7 Å². The second kappa shape index (κ2) is 9.13. The lowest BCUT2D eigenvalue weighted by atomic mass is 10.3. The molecule has 0 aliphatic carbocycles. The number of benzene rings is 1. The summed E-state index contributed by atoms with van der Waals surface area (Å²) >= 11 is 1.48. The van der Waals surface area contributed by atoms with Crippen molar-refractivity contribution >= 4 is 45.0 Å². The number of anilines is 1. The van der Waals surface area contributed by atoms with Crippen LogP contribution in [0, 0.1) is 0 Å². The summed E-state index contributed by atoms with van der Waals surface area (Å²) in [5.74, 6) is -1.12. The third-order valence-corrected chi connectivity index (χ3v) is 6.86. The highest BCUT2D eigenvalue weighted by Crippen LogP contribution is 2.22. The molecule has 1 saturated heterocycles. The number of nitrogens with zero attached hydrogens (tertiary/aromatic N) is 1. The van der Waals surface area contributed by atoms with Gasteiger partial charge in [-0.2, -0.15) is 4.31 Å². The van der Waals surface area contributed by atoms with Crippen LogP contribution in [0.15, 0.2) is 52.7 Å². The molecule has 2 heterocycles. The summed E-state index contributed by atoms with van der Waals surface area (Å²) in [5, 5.41) is 4.46. The number of amides is 1. The zero-order valence-corrected chi connectivity index (χ0v) is 16.7. The summed E-state index contributed by atoms with van der Waals surface area (Å²) < 4.78 is 31.3. The predicted molar refractivity (Wildman–Crippen MR) is 107 cm³/mol. The molecule has 9 heteroatoms. The minimum absolute atomic E-state index is 0.192. The Morgan fingerprint density at radius 2 is 1.86 bits per heavy atom. The summed E-state index contributed by atoms with van der Waals surface area (Å²) in [5.41, 5.74) is 0.426. The van der Waals surface area contributed by atoms with Gasteiger partial charge in [0.25, 0.3) is 5.91 Å². The molecule has 7 nitrogen and oxygen atoms in total. The van der Waals surface area contributed by atoms with Gasteiger partial charge in [-0.25, -0.2) is 13.2 Å². The van der Waals surface area contributed by atoms with Gasteiger partial charge in [-0.3, -0.25) is 4.79 Å². The number of rotatable bonds is 7. The minimum Gasteiger partial charge on any atom is -0.452 e. The van der Waals surface area contributed by atoms with Crippen LogP contribution in [0.4, 0.5) is 5.69 Å². The Bertz CT molecular complexity index is 945. The van der Waals surface area contributed by atoms with Crippen molar-refractivity contribution in [3.63, 3.8) is 0 Å². The number of hydrogen-bond donors (Lipinski definition) is 1. The molecular formula is C19H20N2O5S2. The van der Waals surface area contributed by atoms with Crippen LogP contribution in [0.5, 0.6) is 0 Å². The first kappa shape index (κ1) is 20.2. The van der Waals surface area contributed by atoms with Gasteiger partial charge in [-0.1, -0.05) is 6.07 Å². The van der Waals surface area contributed by atoms with Crippen molar-refractivity contribution in [3.8, 4) is 0 Å². The van der Waals surface area contributed by atoms with Crippen LogP contribution in [-0.4, -0.2) is 44.3 Å². The van der Waals surface area contributed by atoms with Crippen molar-refractivity contribution in [2.75, 3.05) is 25.0 Å². The van der Waals surface area contributed by atoms with Crippen molar-refractivity contribution in [2.45, 2.75) is 17.7 Å². The van der Waals surface area contributed by atoms with Crippen LogP contribution >= 0.6 is 11.3 Å². The molecule has 1 aromatic carbocycles. The summed E-state index contributed by atoms with van der Waals surface area (Å²) in [7, 11) is -3.49. The van der Waals surface area contributed by atoms with Crippen LogP contribution in [0.3, 0.4) is 0 Å². The molecule has 148 valence electrons. The van der Waals surface area contributed by atoms with E-state index >= 15 is 0 Å². The standard InChI is InChI=1S/C19H20N2O5S2/c22-18(14-26-19(23)10-7-16-4-3-13-27-16)20-15-5-8-17(9-6-15)28(24,25)21-11-1-2-12-21/h3-10,13H,1-2,11-12,14H2,(H,20,22). The molecule has 0 spiro atoms. The average molecular weight is 421 g/mol. The Kier molecular flexibility index (Phi) is 6.61. The molecule has 3 rings (SSSR count). The number of thiophene rings is 1. The summed E-state index contributed by atoms with van der Waals surface area (Å²) in [6.07, 6.45) is 4.62. The molecule has 1 amide bonds. The van der Waals surface area contributed by atoms with Crippen molar-refractivity contribution in [1.82, 2.24) is 4.31 Å². The van der Waals surface area contributed by atoms with E-state index in [0.717, 1.165) is 17.7 Å². The molecule has 28 heavy (non-hydrogen) atoms. The summed E-state index contributed by atoms with van der Waals surface area (Å²) in [4.78, 5) is 24.6. The molecule has 0 unspecified atom stereocenters. The second-order valence-electron chi connectivity index (χ2n) is 6.14. The number of carbonyl (C=O) groups excluding carboxylic acids is 2. The monoisotopic (exact) mass is 420 g/mol. The summed E-state index contributed by atoms with van der Waals surface area (Å²) in [6.45, 7) is 0.641. The first-order valence-corrected chi connectivity index (χ1v) is 11.1. The third kappa shape index (κ3) is 5.28. The number of ether oxygens (including phenoxy) is 1. The molecule has 1 aliphatic heterocycles. The van der Waals surface area contributed by atoms with E-state index in [9.17, 15) is 18.0 Å². The number of esters is 1. The normalized spacial score (nSPS) is 15.0. The lowest BCUT2D eigenvalue weighted by Gasteiger charge is -2.15. The molecule has 0 bridgehead atoms. The Morgan fingerprint density at radius 1 is 1.14 bits per heavy atom. The van der Waals surface area contributed by atoms with Crippen LogP contribution in [-0.2, 0) is 24.3 Å². The van der Waals surface area contributed by atoms with E-state index in [0.29, 0.717) is 18.8 Å². The molecule has 1 aromatic heterocycles. The topological polar surface area (TPSA) is 92.8 Å². The van der Waals surface area contributed by atoms with Gasteiger partial charge in [0.05, 0.1) is 4.90 Å². The van der Waals surface area contributed by atoms with E-state index in [4.69, 9.17) is 4.74 Å². The van der Waals surface area contributed by atoms with Gasteiger partial charge >= 0.3 is 5.97 Å². The van der Waals surface area contributed by atoms with E-state index in [1.165, 1.54) is 46.0 Å². The van der Waals surface area contributed by atoms with E-state index in [1.807, 2.05) is 17.5 Å². The SMILES string of the molecule is O=C(COC(=O)C=Cc1cccs1)Nc1ccc(S(=O)(=O)N2CCCC2)cc1. The van der Waals surface area contributed by atoms with Gasteiger partial charge in [0, 0.05) is 29.7 Å². The fourth-order valence-electron chi connectivity index (χ4n) is 2.71. The smallest absolute Gasteiger partial charge is 0.331 e. The Hall–Kier alpha value is -2.49. The lowest BCUT2D eigenvalue weighted by Crippen LogP contribution is -2.27. The molecule has 0 atom stereocenters. The van der Waals surface area contributed by atoms with Crippen molar-refractivity contribution < 1.29 is 22.7 Å². The highest BCUT2D eigenvalue weighted by Gasteiger charge is 2.26. The second-order valence-corrected chi connectivity index (χ2v) is 9.06. The predicted octanol–water partition coefficient (Wildman–Crippen LogP) is 2.73. The maximum atomic E-state index is 12.5. The lowest BCUT2D eigenvalue weighted by molar-refractivity contribution is -0.142. The highest BCUT2D eigenvalue weighted by atomic mass is 32.2. The van der Waals surface area contributed by atoms with Gasteiger partial charge in [0.15, 0.2) is 6.61 Å². The molecule has 2 aromatic rings. The number of nitrogens with one attached hydrogen (secondary N) is 1. The van der Waals surface area contributed by atoms with Gasteiger partial charge in [0.1, 0.15) is 0 Å². The van der Waals surface area contributed by atoms with Crippen LogP contribution in [0.2, 0.25) is 0 Å². The molecular weight excluding hydrogens is 400 g/mol. The van der Waals surface area contributed by atoms with E-state index in [2.05, 4.69) is 5.32 Å². The Morgan fingerprint density at radius 3 is 2.50 bits per heavy atom. The van der Waals surface area contributed by atoms with Crippen molar-refractivity contribution in [1.29, 1.82) is 0 Å². The number of hydrogen-bond acceptors (Lipinski definition) is 6. The fraction of sp³-hybridized carbons (Fsp3) is 0.263. The molecule has 1 aliphatic rings. The maximum absolute atomic E-state index is 12.5. The first-order valence-electron chi connectivity index (χ1n) is 8.73. The average Bonchev–Trinajstić information content (AvgIpc) is 3.39. The van der Waals surface area contributed by atoms with Gasteiger partial charge in [-0.05, 0) is 54.6 Å². The Balaban J connectivity index is 1.49. The third-order valence-electron chi connectivity index (χ3n) is 4.11. The van der Waals surface area contributed by atoms with Crippen molar-refractivity contribution in [3.05, 3.63) is 52.7 Å². The molecule has 0 radical (unpaired) electrons. The van der Waals surface area contributed by atoms with Crippen LogP contribution in [0.25, 0.3) is 6.08 Å². The van der Waals surface area contributed by atoms with Crippen LogP contribution < -0.4 is 5.32 Å². The van der Waals surface area contributed by atoms with Gasteiger partial charge < -0.3 is 10.1 Å². The first-order chi connectivity index (χ1) is 13.4. The zero-order chi connectivity index (χ0) is 20.0. The number of carbonyl (C=O) groups is 2. The minimum atomic E-state index is -3.49. The number of sulfonamides is 1. The molecule has 1 fully saturated rings. The van der Waals surface area contributed by atoms with E-state index in [1.54, 1.807) is 6.08 Å². The van der Waals surface area contributed by atoms with E-state index in [-0.39, 0.29) is 4.90 Å². The van der Waals surface area contributed by atoms with Crippen molar-refractivity contribution in [2.24, 2.45) is 0 Å². The molecule has 0 saturated carbocycles. The van der Waals surface area contributed by atoms with E-state index < -0.39 is 28.5 Å². The molecule has 1 N–H and O–H groups in total. The van der Waals surface area contributed by atoms with Gasteiger partial charge in [-0.15, -0.1) is 11.3 Å². The summed E-state index contributed by atoms with van der Waals surface area (Å²) in [6, 6.07) is 9.66. The quantitative estimate of drug-likeness (QED) is 0.549. The maximum Gasteiger partial charge on any atom is 0.331 e. The fourth-order valence-corrected chi connectivity index (χ4v) is 4.84. The largest absolute Gasteiger partial charge is 0.452 e.